The summed E-state index contributed by atoms with van der Waals surface area (Å²) in [7, 11) is -2.50. The van der Waals surface area contributed by atoms with Gasteiger partial charge in [-0.15, -0.1) is 0 Å². The summed E-state index contributed by atoms with van der Waals surface area (Å²) >= 11 is 0. The standard InChI is InChI=1S/C34H58O7Si2/c1-15-38-28(35)21-25(17-16-20-40-42(11,12)33(4,5)6)23(2)18-19-26-30(37-10)24(3)27-22-39-32(36)29(27)31(26)41-43(13,14)34(7,8)9/h18,25H,15-17,19-22H2,1-14H3/b23-18+. The fraction of sp³-hybridized carbons (Fsp3) is 0.706. The van der Waals surface area contributed by atoms with Gasteiger partial charge in [0.1, 0.15) is 23.7 Å². The van der Waals surface area contributed by atoms with Crippen LogP contribution >= 0.6 is 0 Å². The van der Waals surface area contributed by atoms with Gasteiger partial charge in [-0.3, -0.25) is 4.79 Å². The third-order valence-electron chi connectivity index (χ3n) is 9.75. The van der Waals surface area contributed by atoms with Gasteiger partial charge in [0.15, 0.2) is 8.32 Å². The Morgan fingerprint density at radius 3 is 2.16 bits per heavy atom. The summed E-state index contributed by atoms with van der Waals surface area (Å²) in [5.41, 5.74) is 4.20. The van der Waals surface area contributed by atoms with Crippen molar-refractivity contribution in [3.05, 3.63) is 33.9 Å². The van der Waals surface area contributed by atoms with Gasteiger partial charge in [0.25, 0.3) is 8.32 Å². The second kappa shape index (κ2) is 14.3. The first kappa shape index (κ1) is 37.1. The number of allylic oxidation sites excluding steroid dienone is 2. The Balaban J connectivity index is 2.47. The molecular formula is C34H58O7Si2. The lowest BCUT2D eigenvalue weighted by Crippen LogP contribution is -2.44. The predicted octanol–water partition coefficient (Wildman–Crippen LogP) is 8.92. The van der Waals surface area contributed by atoms with Crippen LogP contribution in [0.3, 0.4) is 0 Å². The zero-order valence-corrected chi connectivity index (χ0v) is 31.5. The van der Waals surface area contributed by atoms with Crippen LogP contribution < -0.4 is 9.16 Å². The number of hydrogen-bond acceptors (Lipinski definition) is 7. The zero-order valence-electron chi connectivity index (χ0n) is 29.5. The average molecular weight is 635 g/mol. The van der Waals surface area contributed by atoms with Crippen LogP contribution in [-0.4, -0.2) is 48.9 Å². The molecule has 244 valence electrons. The fourth-order valence-corrected chi connectivity index (χ4v) is 6.88. The molecular weight excluding hydrogens is 577 g/mol. The summed E-state index contributed by atoms with van der Waals surface area (Å²) in [5.74, 6) is 0.776. The second-order valence-electron chi connectivity index (χ2n) is 14.9. The molecule has 0 amide bonds. The molecule has 43 heavy (non-hydrogen) atoms. The molecule has 0 spiro atoms. The maximum Gasteiger partial charge on any atom is 0.342 e. The van der Waals surface area contributed by atoms with Crippen molar-refractivity contribution in [2.75, 3.05) is 20.3 Å². The van der Waals surface area contributed by atoms with E-state index in [1.165, 1.54) is 0 Å². The van der Waals surface area contributed by atoms with E-state index in [4.69, 9.17) is 23.1 Å². The van der Waals surface area contributed by atoms with E-state index >= 15 is 0 Å². The maximum atomic E-state index is 13.0. The molecule has 0 bridgehead atoms. The van der Waals surface area contributed by atoms with Gasteiger partial charge in [-0.25, -0.2) is 4.79 Å². The van der Waals surface area contributed by atoms with Gasteiger partial charge >= 0.3 is 11.9 Å². The minimum Gasteiger partial charge on any atom is -0.543 e. The van der Waals surface area contributed by atoms with E-state index in [1.54, 1.807) is 7.11 Å². The van der Waals surface area contributed by atoms with E-state index in [9.17, 15) is 9.59 Å². The number of carbonyl (C=O) groups excluding carboxylic acids is 2. The Bertz CT molecular complexity index is 1190. The summed E-state index contributed by atoms with van der Waals surface area (Å²) < 4.78 is 30.1. The van der Waals surface area contributed by atoms with Crippen molar-refractivity contribution < 1.29 is 32.7 Å². The number of ether oxygens (including phenoxy) is 3. The molecule has 1 aliphatic heterocycles. The van der Waals surface area contributed by atoms with Gasteiger partial charge in [0, 0.05) is 17.7 Å². The first-order chi connectivity index (χ1) is 19.7. The minimum absolute atomic E-state index is 0.0123. The summed E-state index contributed by atoms with van der Waals surface area (Å²) in [4.78, 5) is 25.6. The molecule has 1 aliphatic rings. The van der Waals surface area contributed by atoms with Crippen molar-refractivity contribution in [1.29, 1.82) is 0 Å². The highest BCUT2D eigenvalue weighted by Crippen LogP contribution is 2.46. The van der Waals surface area contributed by atoms with Crippen LogP contribution in [0.4, 0.5) is 0 Å². The normalized spacial score (nSPS) is 15.2. The molecule has 0 aromatic heterocycles. The first-order valence-electron chi connectivity index (χ1n) is 15.7. The molecule has 2 rings (SSSR count). The lowest BCUT2D eigenvalue weighted by Gasteiger charge is -2.37. The Labute approximate surface area is 263 Å². The van der Waals surface area contributed by atoms with Crippen LogP contribution in [-0.2, 0) is 31.7 Å². The van der Waals surface area contributed by atoms with Crippen LogP contribution in [0.2, 0.25) is 36.3 Å². The smallest absolute Gasteiger partial charge is 0.342 e. The summed E-state index contributed by atoms with van der Waals surface area (Å²) in [5, 5.41) is 0.0809. The SMILES string of the molecule is CCOC(=O)CC(CCCO[Si](C)(C)C(C)(C)C)/C(C)=C/Cc1c(OC)c(C)c2c(c1O[Si](C)(C)C(C)(C)C)C(=O)OC2. The average Bonchev–Trinajstić information content (AvgIpc) is 3.26. The number of benzene rings is 1. The Morgan fingerprint density at radius 1 is 1.02 bits per heavy atom. The lowest BCUT2D eigenvalue weighted by molar-refractivity contribution is -0.144. The van der Waals surface area contributed by atoms with Gasteiger partial charge in [0.05, 0.1) is 20.1 Å². The van der Waals surface area contributed by atoms with E-state index in [0.717, 1.165) is 40.9 Å². The van der Waals surface area contributed by atoms with Gasteiger partial charge in [-0.1, -0.05) is 53.2 Å². The quantitative estimate of drug-likeness (QED) is 0.0875. The van der Waals surface area contributed by atoms with Gasteiger partial charge in [-0.2, -0.15) is 0 Å². The molecule has 0 saturated heterocycles. The minimum atomic E-state index is -2.32. The highest BCUT2D eigenvalue weighted by atomic mass is 28.4. The van der Waals surface area contributed by atoms with Gasteiger partial charge in [0.2, 0.25) is 0 Å². The zero-order chi connectivity index (χ0) is 33.0. The van der Waals surface area contributed by atoms with Crippen molar-refractivity contribution in [3.8, 4) is 11.5 Å². The molecule has 0 radical (unpaired) electrons. The molecule has 0 aliphatic carbocycles. The van der Waals surface area contributed by atoms with Gasteiger partial charge in [-0.05, 0) is 87.8 Å². The molecule has 7 nitrogen and oxygen atoms in total. The maximum absolute atomic E-state index is 13.0. The van der Waals surface area contributed by atoms with Crippen molar-refractivity contribution in [3.63, 3.8) is 0 Å². The van der Waals surface area contributed by atoms with Gasteiger partial charge < -0.3 is 23.1 Å². The summed E-state index contributed by atoms with van der Waals surface area (Å²) in [6, 6.07) is 0. The topological polar surface area (TPSA) is 80.3 Å². The summed E-state index contributed by atoms with van der Waals surface area (Å²) in [6.45, 7) is 29.3. The lowest BCUT2D eigenvalue weighted by atomic mass is 9.89. The third-order valence-corrected chi connectivity index (χ3v) is 18.6. The number of fused-ring (bicyclic) bond motifs is 1. The second-order valence-corrected chi connectivity index (χ2v) is 24.4. The van der Waals surface area contributed by atoms with Crippen LogP contribution in [0.15, 0.2) is 11.6 Å². The largest absolute Gasteiger partial charge is 0.543 e. The molecule has 0 fully saturated rings. The van der Waals surface area contributed by atoms with Crippen molar-refractivity contribution in [1.82, 2.24) is 0 Å². The van der Waals surface area contributed by atoms with Crippen LogP contribution in [0, 0.1) is 12.8 Å². The Morgan fingerprint density at radius 2 is 1.63 bits per heavy atom. The van der Waals surface area contributed by atoms with Crippen molar-refractivity contribution >= 4 is 28.6 Å². The van der Waals surface area contributed by atoms with E-state index < -0.39 is 16.6 Å². The summed E-state index contributed by atoms with van der Waals surface area (Å²) in [6.07, 6.45) is 4.64. The van der Waals surface area contributed by atoms with E-state index in [1.807, 2.05) is 13.8 Å². The molecule has 0 N–H and O–H groups in total. The van der Waals surface area contributed by atoms with E-state index in [2.05, 4.69) is 80.7 Å². The molecule has 1 aromatic rings. The number of carbonyl (C=O) groups is 2. The third kappa shape index (κ3) is 8.97. The monoisotopic (exact) mass is 634 g/mol. The first-order valence-corrected chi connectivity index (χ1v) is 21.5. The highest BCUT2D eigenvalue weighted by molar-refractivity contribution is 6.75. The highest BCUT2D eigenvalue weighted by Gasteiger charge is 2.42. The van der Waals surface area contributed by atoms with E-state index in [-0.39, 0.29) is 34.5 Å². The molecule has 1 heterocycles. The van der Waals surface area contributed by atoms with Crippen LogP contribution in [0.5, 0.6) is 11.5 Å². The van der Waals surface area contributed by atoms with E-state index in [0.29, 0.717) is 37.4 Å². The van der Waals surface area contributed by atoms with Crippen LogP contribution in [0.1, 0.15) is 102 Å². The fourth-order valence-electron chi connectivity index (χ4n) is 4.75. The number of hydrogen-bond donors (Lipinski definition) is 0. The number of rotatable bonds is 14. The predicted molar refractivity (Wildman–Crippen MR) is 179 cm³/mol. The molecule has 0 saturated carbocycles. The van der Waals surface area contributed by atoms with Crippen LogP contribution in [0.25, 0.3) is 0 Å². The number of methoxy groups -OCH3 is 1. The molecule has 1 unspecified atom stereocenters. The molecule has 1 atom stereocenters. The molecule has 9 heteroatoms. The Hall–Kier alpha value is -2.11. The van der Waals surface area contributed by atoms with Crippen molar-refractivity contribution in [2.24, 2.45) is 5.92 Å². The van der Waals surface area contributed by atoms with Crippen molar-refractivity contribution in [2.45, 2.75) is 131 Å². The molecule has 1 aromatic carbocycles. The Kier molecular flexibility index (Phi) is 12.4. The number of esters is 2. The number of cyclic esters (lactones) is 1.